The fourth-order valence-corrected chi connectivity index (χ4v) is 3.36. The van der Waals surface area contributed by atoms with Crippen molar-refractivity contribution in [2.45, 2.75) is 32.2 Å². The summed E-state index contributed by atoms with van der Waals surface area (Å²) in [6.45, 7) is 11.5. The van der Waals surface area contributed by atoms with Gasteiger partial charge in [-0.3, -0.25) is 4.79 Å². The van der Waals surface area contributed by atoms with E-state index in [1.54, 1.807) is 0 Å². The van der Waals surface area contributed by atoms with Crippen LogP contribution in [0, 0.1) is 0 Å². The van der Waals surface area contributed by atoms with Crippen LogP contribution in [0.5, 0.6) is 0 Å². The van der Waals surface area contributed by atoms with Gasteiger partial charge in [0, 0.05) is 18.5 Å². The van der Waals surface area contributed by atoms with Gasteiger partial charge < -0.3 is 10.2 Å². The van der Waals surface area contributed by atoms with Crippen LogP contribution in [0.25, 0.3) is 0 Å². The second kappa shape index (κ2) is 7.63. The number of carbonyl (C=O) groups is 1. The molecule has 0 radical (unpaired) electrons. The maximum absolute atomic E-state index is 13.1. The van der Waals surface area contributed by atoms with E-state index < -0.39 is 0 Å². The standard InChI is InChI=1S/C21H28N2O/c1-6-8-11-16(7-2)14-23-15-21(3,4)18-13-10-9-12-17(18)19(22-5)20(23)24/h6-13,19,22H,2,14-15H2,1,3-5H3/b8-6-,16-11+. The van der Waals surface area contributed by atoms with Crippen LogP contribution in [0.1, 0.15) is 37.9 Å². The molecule has 1 aliphatic rings. The first-order valence-electron chi connectivity index (χ1n) is 8.44. The van der Waals surface area contributed by atoms with E-state index in [-0.39, 0.29) is 17.4 Å². The van der Waals surface area contributed by atoms with Gasteiger partial charge in [0.05, 0.1) is 0 Å². The first-order valence-corrected chi connectivity index (χ1v) is 8.44. The van der Waals surface area contributed by atoms with E-state index in [4.69, 9.17) is 0 Å². The predicted octanol–water partition coefficient (Wildman–Crippen LogP) is 3.76. The van der Waals surface area contributed by atoms with E-state index in [1.165, 1.54) is 5.56 Å². The van der Waals surface area contributed by atoms with Crippen molar-refractivity contribution in [3.05, 3.63) is 71.8 Å². The zero-order valence-corrected chi connectivity index (χ0v) is 15.2. The average molecular weight is 324 g/mol. The van der Waals surface area contributed by atoms with E-state index in [0.717, 1.165) is 11.1 Å². The number of nitrogens with one attached hydrogen (secondary N) is 1. The first-order chi connectivity index (χ1) is 11.4. The molecule has 1 amide bonds. The maximum Gasteiger partial charge on any atom is 0.244 e. The molecule has 128 valence electrons. The van der Waals surface area contributed by atoms with Crippen LogP contribution in [0.4, 0.5) is 0 Å². The molecule has 1 aromatic rings. The Morgan fingerprint density at radius 1 is 1.42 bits per heavy atom. The van der Waals surface area contributed by atoms with Gasteiger partial charge in [-0.05, 0) is 30.7 Å². The third-order valence-corrected chi connectivity index (χ3v) is 4.57. The summed E-state index contributed by atoms with van der Waals surface area (Å²) in [7, 11) is 1.85. The molecule has 1 aliphatic heterocycles. The number of carbonyl (C=O) groups excluding carboxylic acids is 1. The Hall–Kier alpha value is -2.13. The smallest absolute Gasteiger partial charge is 0.244 e. The van der Waals surface area contributed by atoms with Crippen LogP contribution in [-0.4, -0.2) is 30.9 Å². The average Bonchev–Trinajstić information content (AvgIpc) is 2.65. The van der Waals surface area contributed by atoms with Crippen molar-refractivity contribution in [3.63, 3.8) is 0 Å². The van der Waals surface area contributed by atoms with Crippen molar-refractivity contribution in [3.8, 4) is 0 Å². The zero-order chi connectivity index (χ0) is 17.7. The van der Waals surface area contributed by atoms with Crippen LogP contribution in [0.2, 0.25) is 0 Å². The molecule has 3 nitrogen and oxygen atoms in total. The Balaban J connectivity index is 2.43. The quantitative estimate of drug-likeness (QED) is 0.837. The Morgan fingerprint density at radius 2 is 2.12 bits per heavy atom. The molecule has 0 aliphatic carbocycles. The fourth-order valence-electron chi connectivity index (χ4n) is 3.36. The molecule has 0 bridgehead atoms. The third kappa shape index (κ3) is 3.68. The fraction of sp³-hybridized carbons (Fsp3) is 0.381. The highest BCUT2D eigenvalue weighted by Gasteiger charge is 2.37. The van der Waals surface area contributed by atoms with Gasteiger partial charge in [0.25, 0.3) is 0 Å². The zero-order valence-electron chi connectivity index (χ0n) is 15.2. The number of amides is 1. The van der Waals surface area contributed by atoms with Gasteiger partial charge >= 0.3 is 0 Å². The summed E-state index contributed by atoms with van der Waals surface area (Å²) in [4.78, 5) is 15.1. The second-order valence-electron chi connectivity index (χ2n) is 6.86. The second-order valence-corrected chi connectivity index (χ2v) is 6.86. The molecule has 0 fully saturated rings. The molecular weight excluding hydrogens is 296 g/mol. The van der Waals surface area contributed by atoms with Crippen LogP contribution < -0.4 is 5.32 Å². The summed E-state index contributed by atoms with van der Waals surface area (Å²) in [5, 5.41) is 3.20. The largest absolute Gasteiger partial charge is 0.336 e. The Morgan fingerprint density at radius 3 is 2.75 bits per heavy atom. The van der Waals surface area contributed by atoms with E-state index in [9.17, 15) is 4.79 Å². The topological polar surface area (TPSA) is 32.3 Å². The maximum atomic E-state index is 13.1. The summed E-state index contributed by atoms with van der Waals surface area (Å²) >= 11 is 0. The van der Waals surface area contributed by atoms with Crippen molar-refractivity contribution < 1.29 is 4.79 Å². The van der Waals surface area contributed by atoms with Crippen LogP contribution in [0.3, 0.4) is 0 Å². The molecule has 0 spiro atoms. The third-order valence-electron chi connectivity index (χ3n) is 4.57. The number of hydrogen-bond acceptors (Lipinski definition) is 2. The lowest BCUT2D eigenvalue weighted by atomic mass is 9.81. The summed E-state index contributed by atoms with van der Waals surface area (Å²) in [6, 6.07) is 7.94. The lowest BCUT2D eigenvalue weighted by Crippen LogP contribution is -2.43. The highest BCUT2D eigenvalue weighted by molar-refractivity contribution is 5.85. The van der Waals surface area contributed by atoms with Crippen LogP contribution >= 0.6 is 0 Å². The molecule has 0 aromatic heterocycles. The van der Waals surface area contributed by atoms with Crippen molar-refractivity contribution in [1.82, 2.24) is 10.2 Å². The van der Waals surface area contributed by atoms with Gasteiger partial charge in [-0.15, -0.1) is 0 Å². The number of nitrogens with zero attached hydrogens (tertiary/aromatic N) is 1. The number of allylic oxidation sites excluding steroid dienone is 3. The SMILES string of the molecule is C=C/C(=C\C=C/C)CN1CC(C)(C)c2ccccc2C(NC)C1=O. The molecule has 0 saturated carbocycles. The van der Waals surface area contributed by atoms with Crippen molar-refractivity contribution >= 4 is 5.91 Å². The minimum Gasteiger partial charge on any atom is -0.336 e. The minimum atomic E-state index is -0.309. The van der Waals surface area contributed by atoms with E-state index in [1.807, 2.05) is 49.2 Å². The lowest BCUT2D eigenvalue weighted by molar-refractivity contribution is -0.133. The predicted molar refractivity (Wildman–Crippen MR) is 101 cm³/mol. The molecule has 1 aromatic carbocycles. The summed E-state index contributed by atoms with van der Waals surface area (Å²) < 4.78 is 0. The number of hydrogen-bond donors (Lipinski definition) is 1. The summed E-state index contributed by atoms with van der Waals surface area (Å²) in [5.41, 5.74) is 3.25. The number of likely N-dealkylation sites (N-methyl/N-ethyl adjacent to an activating group) is 1. The highest BCUT2D eigenvalue weighted by Crippen LogP contribution is 2.35. The molecule has 0 saturated heterocycles. The van der Waals surface area contributed by atoms with E-state index in [2.05, 4.69) is 43.9 Å². The number of fused-ring (bicyclic) bond motifs is 1. The Kier molecular flexibility index (Phi) is 5.79. The van der Waals surface area contributed by atoms with Crippen LogP contribution in [0.15, 0.2) is 60.7 Å². The normalized spacial score (nSPS) is 20.8. The minimum absolute atomic E-state index is 0.106. The number of rotatable bonds is 5. The molecule has 1 unspecified atom stereocenters. The van der Waals surface area contributed by atoms with E-state index in [0.29, 0.717) is 13.1 Å². The Labute approximate surface area is 145 Å². The summed E-state index contributed by atoms with van der Waals surface area (Å²) in [5.74, 6) is 0.115. The lowest BCUT2D eigenvalue weighted by Gasteiger charge is -2.31. The molecule has 1 N–H and O–H groups in total. The van der Waals surface area contributed by atoms with Gasteiger partial charge in [0.2, 0.25) is 5.91 Å². The van der Waals surface area contributed by atoms with Gasteiger partial charge in [0.1, 0.15) is 6.04 Å². The van der Waals surface area contributed by atoms with Crippen molar-refractivity contribution in [2.24, 2.45) is 0 Å². The van der Waals surface area contributed by atoms with Gasteiger partial charge in [0.15, 0.2) is 0 Å². The van der Waals surface area contributed by atoms with Gasteiger partial charge in [-0.1, -0.05) is 69.0 Å². The molecule has 3 heteroatoms. The number of benzene rings is 1. The molecular formula is C21H28N2O. The molecule has 1 heterocycles. The van der Waals surface area contributed by atoms with Gasteiger partial charge in [-0.25, -0.2) is 0 Å². The van der Waals surface area contributed by atoms with E-state index >= 15 is 0 Å². The summed E-state index contributed by atoms with van der Waals surface area (Å²) in [6.07, 6.45) is 7.80. The molecule has 2 rings (SSSR count). The van der Waals surface area contributed by atoms with Crippen molar-refractivity contribution in [2.75, 3.05) is 20.1 Å². The monoisotopic (exact) mass is 324 g/mol. The molecule has 24 heavy (non-hydrogen) atoms. The molecule has 1 atom stereocenters. The van der Waals surface area contributed by atoms with Crippen LogP contribution in [-0.2, 0) is 10.2 Å². The van der Waals surface area contributed by atoms with Gasteiger partial charge in [-0.2, -0.15) is 0 Å². The Bertz CT molecular complexity index is 670. The van der Waals surface area contributed by atoms with Crippen molar-refractivity contribution in [1.29, 1.82) is 0 Å². The highest BCUT2D eigenvalue weighted by atomic mass is 16.2. The first kappa shape index (κ1) is 18.2.